The van der Waals surface area contributed by atoms with E-state index in [-0.39, 0.29) is 4.90 Å². The molecule has 2 saturated heterocycles. The molecule has 0 radical (unpaired) electrons. The Morgan fingerprint density at radius 3 is 2.17 bits per heavy atom. The Labute approximate surface area is 172 Å². The van der Waals surface area contributed by atoms with Crippen LogP contribution in [0.25, 0.3) is 0 Å². The van der Waals surface area contributed by atoms with Gasteiger partial charge in [0.05, 0.1) is 13.2 Å². The second-order valence-corrected chi connectivity index (χ2v) is 9.41. The van der Waals surface area contributed by atoms with Gasteiger partial charge in [-0.15, -0.1) is 0 Å². The molecule has 156 valence electrons. The van der Waals surface area contributed by atoms with Gasteiger partial charge in [0.2, 0.25) is 10.0 Å². The Hall–Kier alpha value is -2.16. The van der Waals surface area contributed by atoms with Gasteiger partial charge in [0, 0.05) is 43.8 Å². The molecule has 0 saturated carbocycles. The van der Waals surface area contributed by atoms with Gasteiger partial charge in [-0.1, -0.05) is 12.8 Å². The van der Waals surface area contributed by atoms with Crippen molar-refractivity contribution in [2.24, 2.45) is 0 Å². The second-order valence-electron chi connectivity index (χ2n) is 7.47. The van der Waals surface area contributed by atoms with Crippen molar-refractivity contribution in [3.05, 3.63) is 42.6 Å². The molecule has 0 atom stereocenters. The van der Waals surface area contributed by atoms with Crippen LogP contribution in [0, 0.1) is 0 Å². The molecule has 0 spiro atoms. The molecule has 7 nitrogen and oxygen atoms in total. The van der Waals surface area contributed by atoms with Crippen LogP contribution < -0.4 is 10.2 Å². The Morgan fingerprint density at radius 2 is 1.55 bits per heavy atom. The van der Waals surface area contributed by atoms with Gasteiger partial charge in [0.25, 0.3) is 0 Å². The van der Waals surface area contributed by atoms with E-state index in [2.05, 4.69) is 27.3 Å². The molecule has 0 unspecified atom stereocenters. The number of ether oxygens (including phenoxy) is 1. The summed E-state index contributed by atoms with van der Waals surface area (Å²) < 4.78 is 32.0. The summed E-state index contributed by atoms with van der Waals surface area (Å²) in [7, 11) is -3.52. The van der Waals surface area contributed by atoms with Gasteiger partial charge in [-0.05, 0) is 49.2 Å². The van der Waals surface area contributed by atoms with Crippen molar-refractivity contribution in [1.29, 1.82) is 0 Å². The minimum Gasteiger partial charge on any atom is -0.379 e. The number of nitrogens with zero attached hydrogens (tertiary/aromatic N) is 3. The van der Waals surface area contributed by atoms with Gasteiger partial charge in [-0.2, -0.15) is 4.31 Å². The van der Waals surface area contributed by atoms with E-state index in [0.717, 1.165) is 18.8 Å². The zero-order valence-corrected chi connectivity index (χ0v) is 17.4. The maximum atomic E-state index is 12.7. The summed E-state index contributed by atoms with van der Waals surface area (Å²) in [6, 6.07) is 11.7. The van der Waals surface area contributed by atoms with E-state index in [1.54, 1.807) is 12.1 Å². The molecule has 29 heavy (non-hydrogen) atoms. The highest BCUT2D eigenvalue weighted by Crippen LogP contribution is 2.24. The normalized spacial score (nSPS) is 19.0. The van der Waals surface area contributed by atoms with Crippen LogP contribution in [-0.4, -0.2) is 57.1 Å². The monoisotopic (exact) mass is 416 g/mol. The van der Waals surface area contributed by atoms with Crippen LogP contribution in [0.1, 0.15) is 25.7 Å². The van der Waals surface area contributed by atoms with Gasteiger partial charge in [-0.3, -0.25) is 0 Å². The number of rotatable bonds is 5. The van der Waals surface area contributed by atoms with Crippen molar-refractivity contribution >= 4 is 27.2 Å². The van der Waals surface area contributed by atoms with Crippen molar-refractivity contribution in [2.45, 2.75) is 30.6 Å². The number of hydrogen-bond acceptors (Lipinski definition) is 6. The van der Waals surface area contributed by atoms with Crippen LogP contribution in [0.4, 0.5) is 17.2 Å². The summed E-state index contributed by atoms with van der Waals surface area (Å²) in [5.41, 5.74) is 2.18. The molecule has 1 aromatic carbocycles. The van der Waals surface area contributed by atoms with E-state index in [9.17, 15) is 8.42 Å². The lowest BCUT2D eigenvalue weighted by Gasteiger charge is -2.25. The Kier molecular flexibility index (Phi) is 6.32. The Balaban J connectivity index is 1.40. The van der Waals surface area contributed by atoms with Crippen LogP contribution in [0.5, 0.6) is 0 Å². The molecule has 0 amide bonds. The predicted molar refractivity (Wildman–Crippen MR) is 114 cm³/mol. The lowest BCUT2D eigenvalue weighted by molar-refractivity contribution is 0.0730. The maximum Gasteiger partial charge on any atom is 0.244 e. The molecule has 2 aliphatic rings. The maximum absolute atomic E-state index is 12.7. The largest absolute Gasteiger partial charge is 0.379 e. The van der Waals surface area contributed by atoms with E-state index in [0.29, 0.717) is 32.1 Å². The van der Waals surface area contributed by atoms with E-state index in [1.807, 2.05) is 12.1 Å². The first kappa shape index (κ1) is 20.1. The van der Waals surface area contributed by atoms with E-state index < -0.39 is 10.0 Å². The molecule has 0 bridgehead atoms. The fourth-order valence-corrected chi connectivity index (χ4v) is 5.13. The molecule has 8 heteroatoms. The molecule has 4 rings (SSSR count). The smallest absolute Gasteiger partial charge is 0.244 e. The minimum atomic E-state index is -3.52. The van der Waals surface area contributed by atoms with Crippen molar-refractivity contribution in [1.82, 2.24) is 9.29 Å². The third-order valence-electron chi connectivity index (χ3n) is 5.46. The summed E-state index contributed by atoms with van der Waals surface area (Å²) in [4.78, 5) is 6.96. The molecule has 2 aromatic rings. The topological polar surface area (TPSA) is 74.8 Å². The van der Waals surface area contributed by atoms with Crippen molar-refractivity contribution in [3.8, 4) is 0 Å². The summed E-state index contributed by atoms with van der Waals surface area (Å²) >= 11 is 0. The number of aromatic nitrogens is 1. The van der Waals surface area contributed by atoms with E-state index in [4.69, 9.17) is 4.74 Å². The highest BCUT2D eigenvalue weighted by atomic mass is 32.2. The SMILES string of the molecule is O=S(=O)(c1ccc(Nc2ccc(N3CCCCCC3)cc2)nc1)N1CCOCC1. The molecule has 1 aromatic heterocycles. The predicted octanol–water partition coefficient (Wildman–Crippen LogP) is 3.23. The van der Waals surface area contributed by atoms with Crippen molar-refractivity contribution in [2.75, 3.05) is 49.6 Å². The van der Waals surface area contributed by atoms with Crippen molar-refractivity contribution < 1.29 is 13.2 Å². The first-order chi connectivity index (χ1) is 14.1. The molecular weight excluding hydrogens is 388 g/mol. The lowest BCUT2D eigenvalue weighted by atomic mass is 10.2. The molecule has 2 aliphatic heterocycles. The van der Waals surface area contributed by atoms with Crippen LogP contribution >= 0.6 is 0 Å². The summed E-state index contributed by atoms with van der Waals surface area (Å²) in [6.07, 6.45) is 6.56. The van der Waals surface area contributed by atoms with Crippen LogP contribution in [0.15, 0.2) is 47.5 Å². The number of nitrogens with one attached hydrogen (secondary N) is 1. The number of hydrogen-bond donors (Lipinski definition) is 1. The number of benzene rings is 1. The van der Waals surface area contributed by atoms with Gasteiger partial charge >= 0.3 is 0 Å². The zero-order valence-electron chi connectivity index (χ0n) is 16.6. The van der Waals surface area contributed by atoms with Gasteiger partial charge in [-0.25, -0.2) is 13.4 Å². The Bertz CT molecular complexity index is 887. The highest BCUT2D eigenvalue weighted by molar-refractivity contribution is 7.89. The first-order valence-corrected chi connectivity index (χ1v) is 11.7. The average molecular weight is 417 g/mol. The third kappa shape index (κ3) is 4.88. The molecule has 2 fully saturated rings. The zero-order chi connectivity index (χ0) is 20.1. The highest BCUT2D eigenvalue weighted by Gasteiger charge is 2.26. The molecule has 3 heterocycles. The number of morpholine rings is 1. The average Bonchev–Trinajstić information content (AvgIpc) is 3.05. The summed E-state index contributed by atoms with van der Waals surface area (Å²) in [6.45, 7) is 3.86. The third-order valence-corrected chi connectivity index (χ3v) is 7.34. The van der Waals surface area contributed by atoms with E-state index >= 15 is 0 Å². The standard InChI is InChI=1S/C21H28N4O3S/c26-29(27,25-13-15-28-16-14-25)20-9-10-21(22-17-20)23-18-5-7-19(8-6-18)24-11-3-1-2-4-12-24/h5-10,17H,1-4,11-16H2,(H,22,23). The Morgan fingerprint density at radius 1 is 0.862 bits per heavy atom. The molecule has 1 N–H and O–H groups in total. The quantitative estimate of drug-likeness (QED) is 0.807. The molecular formula is C21H28N4O3S. The molecule has 0 aliphatic carbocycles. The fraction of sp³-hybridized carbons (Fsp3) is 0.476. The van der Waals surface area contributed by atoms with Crippen LogP contribution in [0.2, 0.25) is 0 Å². The van der Waals surface area contributed by atoms with Crippen molar-refractivity contribution in [3.63, 3.8) is 0 Å². The summed E-state index contributed by atoms with van der Waals surface area (Å²) in [5.74, 6) is 0.619. The first-order valence-electron chi connectivity index (χ1n) is 10.3. The fourth-order valence-electron chi connectivity index (χ4n) is 3.78. The van der Waals surface area contributed by atoms with Gasteiger partial charge < -0.3 is 15.0 Å². The number of pyridine rings is 1. The summed E-state index contributed by atoms with van der Waals surface area (Å²) in [5, 5.41) is 3.25. The van der Waals surface area contributed by atoms with Crippen LogP contribution in [0.3, 0.4) is 0 Å². The second kappa shape index (κ2) is 9.11. The lowest BCUT2D eigenvalue weighted by Crippen LogP contribution is -2.40. The number of anilines is 3. The van der Waals surface area contributed by atoms with Gasteiger partial charge in [0.1, 0.15) is 10.7 Å². The minimum absolute atomic E-state index is 0.210. The van der Waals surface area contributed by atoms with Gasteiger partial charge in [0.15, 0.2) is 0 Å². The van der Waals surface area contributed by atoms with Crippen LogP contribution in [-0.2, 0) is 14.8 Å². The number of sulfonamides is 1. The van der Waals surface area contributed by atoms with E-state index in [1.165, 1.54) is 41.9 Å².